The van der Waals surface area contributed by atoms with E-state index in [0.717, 1.165) is 35.3 Å². The molecular weight excluding hydrogens is 334 g/mol. The Labute approximate surface area is 135 Å². The highest BCUT2D eigenvalue weighted by Gasteiger charge is 2.18. The van der Waals surface area contributed by atoms with E-state index in [4.69, 9.17) is 9.84 Å². The first-order valence-electron chi connectivity index (χ1n) is 7.09. The van der Waals surface area contributed by atoms with Gasteiger partial charge in [-0.15, -0.1) is 0 Å². The number of halogens is 1. The summed E-state index contributed by atoms with van der Waals surface area (Å²) in [5, 5.41) is 12.1. The quantitative estimate of drug-likeness (QED) is 0.659. The van der Waals surface area contributed by atoms with Gasteiger partial charge in [-0.2, -0.15) is 0 Å². The molecule has 0 aliphatic carbocycles. The van der Waals surface area contributed by atoms with Crippen LogP contribution in [-0.4, -0.2) is 24.7 Å². The summed E-state index contributed by atoms with van der Waals surface area (Å²) >= 11 is 3.46. The molecule has 5 heteroatoms. The largest absolute Gasteiger partial charge is 0.496 e. The molecule has 0 atom stereocenters. The molecule has 1 rings (SSSR count). The number of methoxy groups -OCH3 is 1. The molecule has 0 heterocycles. The van der Waals surface area contributed by atoms with E-state index in [2.05, 4.69) is 35.1 Å². The average molecular weight is 358 g/mol. The molecular formula is C16H24BrNO3. The molecule has 118 valence electrons. The van der Waals surface area contributed by atoms with Crippen LogP contribution in [0.15, 0.2) is 22.7 Å². The number of aliphatic carboxylic acids is 1. The van der Waals surface area contributed by atoms with Crippen molar-refractivity contribution in [3.05, 3.63) is 28.2 Å². The topological polar surface area (TPSA) is 58.6 Å². The van der Waals surface area contributed by atoms with E-state index in [1.165, 1.54) is 0 Å². The Morgan fingerprint density at radius 2 is 2.10 bits per heavy atom. The van der Waals surface area contributed by atoms with Crippen molar-refractivity contribution in [2.75, 3.05) is 13.7 Å². The summed E-state index contributed by atoms with van der Waals surface area (Å²) in [6, 6.07) is 5.94. The fourth-order valence-electron chi connectivity index (χ4n) is 2.11. The standard InChI is InChI=1S/C16H24BrNO3/c1-16(2,7-6-15(19)20)8-9-18-11-12-10-13(17)4-5-14(12)21-3/h4-5,10,18H,6-9,11H2,1-3H3,(H,19,20). The lowest BCUT2D eigenvalue weighted by Crippen LogP contribution is -2.23. The number of nitrogens with one attached hydrogen (secondary N) is 1. The van der Waals surface area contributed by atoms with Crippen molar-refractivity contribution in [3.63, 3.8) is 0 Å². The third-order valence-corrected chi connectivity index (χ3v) is 4.05. The fraction of sp³-hybridized carbons (Fsp3) is 0.562. The molecule has 0 saturated heterocycles. The number of hydrogen-bond donors (Lipinski definition) is 2. The van der Waals surface area contributed by atoms with Crippen molar-refractivity contribution in [1.82, 2.24) is 5.32 Å². The second kappa shape index (κ2) is 8.39. The van der Waals surface area contributed by atoms with E-state index in [9.17, 15) is 4.79 Å². The Bertz CT molecular complexity index is 475. The summed E-state index contributed by atoms with van der Waals surface area (Å²) in [6.07, 6.45) is 1.87. The Balaban J connectivity index is 2.40. The summed E-state index contributed by atoms with van der Waals surface area (Å²) in [5.74, 6) is 0.144. The molecule has 0 unspecified atom stereocenters. The lowest BCUT2D eigenvalue weighted by Gasteiger charge is -2.24. The molecule has 4 nitrogen and oxygen atoms in total. The second-order valence-corrected chi connectivity index (χ2v) is 6.86. The lowest BCUT2D eigenvalue weighted by atomic mass is 9.84. The minimum Gasteiger partial charge on any atom is -0.496 e. The number of carbonyl (C=O) groups is 1. The minimum atomic E-state index is -0.727. The molecule has 0 fully saturated rings. The maximum atomic E-state index is 10.6. The van der Waals surface area contributed by atoms with Gasteiger partial charge in [0.15, 0.2) is 0 Å². The molecule has 0 spiro atoms. The van der Waals surface area contributed by atoms with E-state index >= 15 is 0 Å². The van der Waals surface area contributed by atoms with Crippen LogP contribution in [0.2, 0.25) is 0 Å². The fourth-order valence-corrected chi connectivity index (χ4v) is 2.51. The van der Waals surface area contributed by atoms with Gasteiger partial charge in [0.25, 0.3) is 0 Å². The van der Waals surface area contributed by atoms with Gasteiger partial charge in [0, 0.05) is 23.0 Å². The maximum Gasteiger partial charge on any atom is 0.303 e. The van der Waals surface area contributed by atoms with Gasteiger partial charge in [0.05, 0.1) is 7.11 Å². The molecule has 1 aromatic carbocycles. The minimum absolute atomic E-state index is 0.0345. The Hall–Kier alpha value is -1.07. The van der Waals surface area contributed by atoms with Crippen molar-refractivity contribution in [3.8, 4) is 5.75 Å². The Kier molecular flexibility index (Phi) is 7.18. The highest BCUT2D eigenvalue weighted by Crippen LogP contribution is 2.26. The van der Waals surface area contributed by atoms with Gasteiger partial charge in [-0.05, 0) is 43.0 Å². The maximum absolute atomic E-state index is 10.6. The first-order chi connectivity index (χ1) is 9.84. The van der Waals surface area contributed by atoms with Crippen LogP contribution in [0.3, 0.4) is 0 Å². The number of ether oxygens (including phenoxy) is 1. The number of carboxylic acids is 1. The van der Waals surface area contributed by atoms with E-state index in [-0.39, 0.29) is 11.8 Å². The van der Waals surface area contributed by atoms with Crippen LogP contribution < -0.4 is 10.1 Å². The van der Waals surface area contributed by atoms with Crippen molar-refractivity contribution in [2.45, 2.75) is 39.7 Å². The molecule has 0 aliphatic rings. The monoisotopic (exact) mass is 357 g/mol. The molecule has 21 heavy (non-hydrogen) atoms. The number of benzene rings is 1. The average Bonchev–Trinajstić information content (AvgIpc) is 2.42. The van der Waals surface area contributed by atoms with Gasteiger partial charge in [-0.3, -0.25) is 4.79 Å². The molecule has 0 amide bonds. The highest BCUT2D eigenvalue weighted by atomic mass is 79.9. The van der Waals surface area contributed by atoms with Gasteiger partial charge in [0.1, 0.15) is 5.75 Å². The molecule has 0 radical (unpaired) electrons. The number of hydrogen-bond acceptors (Lipinski definition) is 3. The summed E-state index contributed by atoms with van der Waals surface area (Å²) in [7, 11) is 1.67. The molecule has 0 bridgehead atoms. The molecule has 0 saturated carbocycles. The third-order valence-electron chi connectivity index (χ3n) is 3.55. The van der Waals surface area contributed by atoms with Crippen molar-refractivity contribution in [2.24, 2.45) is 5.41 Å². The summed E-state index contributed by atoms with van der Waals surface area (Å²) in [5.41, 5.74) is 1.14. The van der Waals surface area contributed by atoms with Gasteiger partial charge in [-0.1, -0.05) is 29.8 Å². The van der Waals surface area contributed by atoms with Gasteiger partial charge < -0.3 is 15.2 Å². The molecule has 2 N–H and O–H groups in total. The predicted molar refractivity (Wildman–Crippen MR) is 87.7 cm³/mol. The third kappa shape index (κ3) is 6.96. The van der Waals surface area contributed by atoms with E-state index in [0.29, 0.717) is 6.42 Å². The van der Waals surface area contributed by atoms with Crippen LogP contribution >= 0.6 is 15.9 Å². The zero-order chi connectivity index (χ0) is 15.9. The van der Waals surface area contributed by atoms with Crippen LogP contribution in [0, 0.1) is 5.41 Å². The number of rotatable bonds is 9. The summed E-state index contributed by atoms with van der Waals surface area (Å²) in [6.45, 7) is 5.80. The lowest BCUT2D eigenvalue weighted by molar-refractivity contribution is -0.137. The normalized spacial score (nSPS) is 11.4. The van der Waals surface area contributed by atoms with Crippen LogP contribution in [0.5, 0.6) is 5.75 Å². The molecule has 1 aromatic rings. The molecule has 0 aromatic heterocycles. The van der Waals surface area contributed by atoms with Crippen molar-refractivity contribution >= 4 is 21.9 Å². The van der Waals surface area contributed by atoms with Crippen LogP contribution in [0.25, 0.3) is 0 Å². The second-order valence-electron chi connectivity index (χ2n) is 5.94. The van der Waals surface area contributed by atoms with Crippen molar-refractivity contribution < 1.29 is 14.6 Å². The predicted octanol–water partition coefficient (Wildman–Crippen LogP) is 3.83. The Morgan fingerprint density at radius 3 is 2.71 bits per heavy atom. The zero-order valence-corrected chi connectivity index (χ0v) is 14.5. The first kappa shape index (κ1) is 18.0. The van der Waals surface area contributed by atoms with Crippen molar-refractivity contribution in [1.29, 1.82) is 0 Å². The van der Waals surface area contributed by atoms with Gasteiger partial charge in [-0.25, -0.2) is 0 Å². The van der Waals surface area contributed by atoms with E-state index < -0.39 is 5.97 Å². The Morgan fingerprint density at radius 1 is 1.38 bits per heavy atom. The smallest absolute Gasteiger partial charge is 0.303 e. The number of carboxylic acid groups (broad SMARTS) is 1. The zero-order valence-electron chi connectivity index (χ0n) is 12.9. The van der Waals surface area contributed by atoms with E-state index in [1.807, 2.05) is 18.2 Å². The van der Waals surface area contributed by atoms with Crippen LogP contribution in [0.4, 0.5) is 0 Å². The van der Waals surface area contributed by atoms with Gasteiger partial charge >= 0.3 is 5.97 Å². The first-order valence-corrected chi connectivity index (χ1v) is 7.88. The van der Waals surface area contributed by atoms with E-state index in [1.54, 1.807) is 7.11 Å². The summed E-state index contributed by atoms with van der Waals surface area (Å²) in [4.78, 5) is 10.6. The van der Waals surface area contributed by atoms with Crippen LogP contribution in [-0.2, 0) is 11.3 Å². The SMILES string of the molecule is COc1ccc(Br)cc1CNCCC(C)(C)CCC(=O)O. The highest BCUT2D eigenvalue weighted by molar-refractivity contribution is 9.10. The van der Waals surface area contributed by atoms with Crippen LogP contribution in [0.1, 0.15) is 38.7 Å². The summed E-state index contributed by atoms with van der Waals surface area (Å²) < 4.78 is 6.37. The van der Waals surface area contributed by atoms with Gasteiger partial charge in [0.2, 0.25) is 0 Å². The molecule has 0 aliphatic heterocycles.